The molecule has 27 heavy (non-hydrogen) atoms. The highest BCUT2D eigenvalue weighted by Gasteiger charge is 2.27. The molecule has 1 aromatic heterocycles. The highest BCUT2D eigenvalue weighted by atomic mass is 35.5. The maximum atomic E-state index is 12.7. The lowest BCUT2D eigenvalue weighted by molar-refractivity contribution is -0.384. The Morgan fingerprint density at radius 3 is 2.52 bits per heavy atom. The summed E-state index contributed by atoms with van der Waals surface area (Å²) in [6.45, 7) is 3.24. The van der Waals surface area contributed by atoms with E-state index in [9.17, 15) is 14.9 Å². The largest absolute Gasteiger partial charge is 0.339 e. The van der Waals surface area contributed by atoms with Crippen molar-refractivity contribution < 1.29 is 9.72 Å². The van der Waals surface area contributed by atoms with E-state index in [1.54, 1.807) is 34.0 Å². The lowest BCUT2D eigenvalue weighted by Gasteiger charge is -2.33. The topological polar surface area (TPSA) is 107 Å². The fourth-order valence-electron chi connectivity index (χ4n) is 3.23. The Morgan fingerprint density at radius 2 is 2.00 bits per heavy atom. The first-order valence-electron chi connectivity index (χ1n) is 8.29. The van der Waals surface area contributed by atoms with Crippen LogP contribution in [0, 0.1) is 16.0 Å². The third-order valence-electron chi connectivity index (χ3n) is 4.77. The number of nitrogens with two attached hydrogens (primary N) is 1. The normalized spacial score (nSPS) is 15.4. The number of aromatic nitrogens is 2. The maximum Gasteiger partial charge on any atom is 0.294 e. The van der Waals surface area contributed by atoms with E-state index >= 15 is 0 Å². The number of benzene rings is 1. The van der Waals surface area contributed by atoms with E-state index in [4.69, 9.17) is 5.73 Å². The summed E-state index contributed by atoms with van der Waals surface area (Å²) < 4.78 is 1.56. The quantitative estimate of drug-likeness (QED) is 0.609. The van der Waals surface area contributed by atoms with Crippen molar-refractivity contribution in [3.8, 4) is 5.69 Å². The van der Waals surface area contributed by atoms with Crippen LogP contribution in [0.15, 0.2) is 36.9 Å². The van der Waals surface area contributed by atoms with Gasteiger partial charge in [-0.15, -0.1) is 24.8 Å². The van der Waals surface area contributed by atoms with Gasteiger partial charge in [0.25, 0.3) is 11.6 Å². The van der Waals surface area contributed by atoms with Crippen molar-refractivity contribution in [2.75, 3.05) is 13.1 Å². The SMILES string of the molecule is CC(N)C1CCN(C(=O)c2ccc(-n3ccnc3)c([N+](=O)[O-])c2)CC1.Cl.Cl. The van der Waals surface area contributed by atoms with E-state index in [0.717, 1.165) is 12.8 Å². The molecule has 0 saturated carbocycles. The first kappa shape index (κ1) is 22.9. The second-order valence-electron chi connectivity index (χ2n) is 6.42. The molecular weight excluding hydrogens is 393 g/mol. The second-order valence-corrected chi connectivity index (χ2v) is 6.42. The molecule has 1 aromatic carbocycles. The smallest absolute Gasteiger partial charge is 0.294 e. The summed E-state index contributed by atoms with van der Waals surface area (Å²) in [5.74, 6) is 0.241. The number of nitrogens with zero attached hydrogens (tertiary/aromatic N) is 4. The van der Waals surface area contributed by atoms with Crippen molar-refractivity contribution in [1.29, 1.82) is 0 Å². The van der Waals surface area contributed by atoms with Crippen molar-refractivity contribution in [3.63, 3.8) is 0 Å². The molecule has 1 aliphatic heterocycles. The van der Waals surface area contributed by atoms with E-state index in [2.05, 4.69) is 4.98 Å². The zero-order valence-electron chi connectivity index (χ0n) is 14.9. The average Bonchev–Trinajstić information content (AvgIpc) is 3.15. The van der Waals surface area contributed by atoms with Crippen molar-refractivity contribution in [1.82, 2.24) is 14.5 Å². The molecule has 0 bridgehead atoms. The Bertz CT molecular complexity index is 775. The molecule has 0 aliphatic carbocycles. The predicted octanol–water partition coefficient (Wildman–Crippen LogP) is 2.82. The summed E-state index contributed by atoms with van der Waals surface area (Å²) in [4.78, 5) is 29.3. The molecular formula is C17H23Cl2N5O3. The van der Waals surface area contributed by atoms with E-state index in [-0.39, 0.29) is 42.5 Å². The number of hydrogen-bond acceptors (Lipinski definition) is 5. The van der Waals surface area contributed by atoms with E-state index < -0.39 is 4.92 Å². The van der Waals surface area contributed by atoms with Crippen LogP contribution in [0.4, 0.5) is 5.69 Å². The van der Waals surface area contributed by atoms with Crippen LogP contribution in [-0.2, 0) is 0 Å². The molecule has 3 rings (SSSR count). The van der Waals surface area contributed by atoms with Gasteiger partial charge in [-0.25, -0.2) is 4.98 Å². The van der Waals surface area contributed by atoms with E-state index in [1.807, 2.05) is 6.92 Å². The van der Waals surface area contributed by atoms with Gasteiger partial charge < -0.3 is 15.2 Å². The summed E-state index contributed by atoms with van der Waals surface area (Å²) in [7, 11) is 0. The Balaban J connectivity index is 0.00000182. The van der Waals surface area contributed by atoms with Crippen LogP contribution in [0.2, 0.25) is 0 Å². The molecule has 2 N–H and O–H groups in total. The highest BCUT2D eigenvalue weighted by molar-refractivity contribution is 5.95. The number of halogens is 2. The zero-order valence-corrected chi connectivity index (χ0v) is 16.5. The number of amides is 1. The van der Waals surface area contributed by atoms with Crippen LogP contribution in [0.3, 0.4) is 0 Å². The molecule has 0 radical (unpaired) electrons. The molecule has 10 heteroatoms. The number of nitro benzene ring substituents is 1. The molecule has 1 unspecified atom stereocenters. The molecule has 148 valence electrons. The number of hydrogen-bond donors (Lipinski definition) is 1. The van der Waals surface area contributed by atoms with Gasteiger partial charge in [0.15, 0.2) is 0 Å². The van der Waals surface area contributed by atoms with Crippen LogP contribution in [0.5, 0.6) is 0 Å². The average molecular weight is 416 g/mol. The van der Waals surface area contributed by atoms with Crippen LogP contribution in [0.1, 0.15) is 30.1 Å². The van der Waals surface area contributed by atoms with E-state index in [0.29, 0.717) is 30.3 Å². The number of carbonyl (C=O) groups is 1. The number of imidazole rings is 1. The monoisotopic (exact) mass is 415 g/mol. The van der Waals surface area contributed by atoms with Crippen molar-refractivity contribution >= 4 is 36.4 Å². The van der Waals surface area contributed by atoms with Gasteiger partial charge in [-0.3, -0.25) is 14.9 Å². The fourth-order valence-corrected chi connectivity index (χ4v) is 3.23. The molecule has 1 saturated heterocycles. The summed E-state index contributed by atoms with van der Waals surface area (Å²) >= 11 is 0. The predicted molar refractivity (Wildman–Crippen MR) is 107 cm³/mol. The van der Waals surface area contributed by atoms with Crippen molar-refractivity contribution in [2.24, 2.45) is 11.7 Å². The molecule has 1 amide bonds. The Labute approximate surface area is 169 Å². The van der Waals surface area contributed by atoms with Gasteiger partial charge >= 0.3 is 0 Å². The van der Waals surface area contributed by atoms with Crippen molar-refractivity contribution in [2.45, 2.75) is 25.8 Å². The molecule has 8 nitrogen and oxygen atoms in total. The fraction of sp³-hybridized carbons (Fsp3) is 0.412. The molecule has 1 aliphatic rings. The third kappa shape index (κ3) is 4.97. The molecule has 1 fully saturated rings. The first-order chi connectivity index (χ1) is 12.0. The van der Waals surface area contributed by atoms with Gasteiger partial charge in [0.1, 0.15) is 5.69 Å². The Hall–Kier alpha value is -2.16. The van der Waals surface area contributed by atoms with Crippen LogP contribution < -0.4 is 5.73 Å². The number of carbonyl (C=O) groups excluding carboxylic acids is 1. The van der Waals surface area contributed by atoms with Gasteiger partial charge in [0.05, 0.1) is 11.3 Å². The number of rotatable bonds is 4. The molecule has 1 atom stereocenters. The minimum absolute atomic E-state index is 0. The van der Waals surface area contributed by atoms with Crippen LogP contribution in [-0.4, -0.2) is 44.4 Å². The summed E-state index contributed by atoms with van der Waals surface area (Å²) in [5.41, 5.74) is 6.53. The summed E-state index contributed by atoms with van der Waals surface area (Å²) in [6, 6.07) is 4.67. The van der Waals surface area contributed by atoms with Gasteiger partial charge in [0.2, 0.25) is 0 Å². The van der Waals surface area contributed by atoms with Crippen molar-refractivity contribution in [3.05, 3.63) is 52.6 Å². The van der Waals surface area contributed by atoms with E-state index in [1.165, 1.54) is 12.4 Å². The van der Waals surface area contributed by atoms with Gasteiger partial charge in [0, 0.05) is 43.2 Å². The van der Waals surface area contributed by atoms with Crippen LogP contribution in [0.25, 0.3) is 5.69 Å². The summed E-state index contributed by atoms with van der Waals surface area (Å²) in [6.07, 6.45) is 6.38. The minimum Gasteiger partial charge on any atom is -0.339 e. The first-order valence-corrected chi connectivity index (χ1v) is 8.29. The summed E-state index contributed by atoms with van der Waals surface area (Å²) in [5, 5.41) is 11.4. The second kappa shape index (κ2) is 9.68. The minimum atomic E-state index is -0.478. The van der Waals surface area contributed by atoms with Crippen LogP contribution >= 0.6 is 24.8 Å². The third-order valence-corrected chi connectivity index (χ3v) is 4.77. The van der Waals surface area contributed by atoms with Gasteiger partial charge in [-0.05, 0) is 37.8 Å². The zero-order chi connectivity index (χ0) is 18.0. The Morgan fingerprint density at radius 1 is 1.33 bits per heavy atom. The highest BCUT2D eigenvalue weighted by Crippen LogP contribution is 2.26. The molecule has 0 spiro atoms. The molecule has 2 aromatic rings. The lowest BCUT2D eigenvalue weighted by atomic mass is 9.90. The number of likely N-dealkylation sites (tertiary alicyclic amines) is 1. The molecule has 2 heterocycles. The van der Waals surface area contributed by atoms with Gasteiger partial charge in [-0.1, -0.05) is 0 Å². The number of nitro groups is 1. The maximum absolute atomic E-state index is 12.7. The standard InChI is InChI=1S/C17H21N5O3.2ClH/c1-12(18)13-4-7-20(8-5-13)17(23)14-2-3-15(16(10-14)22(24)25)21-9-6-19-11-21;;/h2-3,6,9-13H,4-5,7-8,18H2,1H3;2*1H. The van der Waals surface area contributed by atoms with Gasteiger partial charge in [-0.2, -0.15) is 0 Å². The lowest BCUT2D eigenvalue weighted by Crippen LogP contribution is -2.42. The number of piperidine rings is 1. The Kier molecular flexibility index (Phi) is 8.20.